The summed E-state index contributed by atoms with van der Waals surface area (Å²) in [6, 6.07) is 15.0. The van der Waals surface area contributed by atoms with Gasteiger partial charge in [0.2, 0.25) is 11.1 Å². The topological polar surface area (TPSA) is 52.6 Å². The quantitative estimate of drug-likeness (QED) is 0.281. The molecule has 0 amide bonds. The van der Waals surface area contributed by atoms with E-state index in [-0.39, 0.29) is 16.9 Å². The Labute approximate surface area is 174 Å². The Balaban J connectivity index is 1.87. The van der Waals surface area contributed by atoms with Crippen LogP contribution in [0.5, 0.6) is 11.5 Å². The van der Waals surface area contributed by atoms with Crippen LogP contribution in [0.15, 0.2) is 85.3 Å². The molecule has 0 fully saturated rings. The highest BCUT2D eigenvalue weighted by Gasteiger charge is 2.16. The van der Waals surface area contributed by atoms with Gasteiger partial charge in [-0.15, -0.1) is 0 Å². The van der Waals surface area contributed by atoms with Gasteiger partial charge in [-0.2, -0.15) is 0 Å². The SMILES string of the molecule is C=CC(=O)Oc1ccc(-c2ccc(-c3ccc(OS(=O)C=C)cc3)c(F)c2F)cc1. The van der Waals surface area contributed by atoms with E-state index in [0.29, 0.717) is 16.9 Å². The second kappa shape index (κ2) is 9.28. The standard InChI is InChI=1S/C23H16F2O4S/c1-3-21(26)28-17-9-5-15(6-10-17)19-13-14-20(23(25)22(19)24)16-7-11-18(12-8-16)29-30(27)4-2/h3-14H,1-2H2. The Morgan fingerprint density at radius 3 is 1.70 bits per heavy atom. The van der Waals surface area contributed by atoms with Gasteiger partial charge in [0.15, 0.2) is 11.6 Å². The van der Waals surface area contributed by atoms with Crippen LogP contribution in [-0.4, -0.2) is 10.2 Å². The molecule has 3 aromatic rings. The van der Waals surface area contributed by atoms with E-state index in [1.54, 1.807) is 0 Å². The van der Waals surface area contributed by atoms with Crippen molar-refractivity contribution in [1.29, 1.82) is 0 Å². The zero-order chi connectivity index (χ0) is 21.7. The maximum absolute atomic E-state index is 14.7. The van der Waals surface area contributed by atoms with Crippen molar-refractivity contribution in [3.63, 3.8) is 0 Å². The van der Waals surface area contributed by atoms with Gasteiger partial charge in [0.05, 0.1) is 0 Å². The molecule has 0 aliphatic carbocycles. The molecule has 3 aromatic carbocycles. The van der Waals surface area contributed by atoms with Crippen LogP contribution >= 0.6 is 0 Å². The molecule has 152 valence electrons. The third-order valence-electron chi connectivity index (χ3n) is 4.11. The average Bonchev–Trinajstić information content (AvgIpc) is 2.77. The van der Waals surface area contributed by atoms with Crippen molar-refractivity contribution in [2.24, 2.45) is 0 Å². The third kappa shape index (κ3) is 4.69. The number of ether oxygens (including phenoxy) is 1. The maximum Gasteiger partial charge on any atom is 0.335 e. The van der Waals surface area contributed by atoms with E-state index in [9.17, 15) is 17.8 Å². The highest BCUT2D eigenvalue weighted by Crippen LogP contribution is 2.33. The minimum atomic E-state index is -1.67. The van der Waals surface area contributed by atoms with Gasteiger partial charge in [0.25, 0.3) is 0 Å². The summed E-state index contributed by atoms with van der Waals surface area (Å²) in [5.74, 6) is -2.04. The predicted octanol–water partition coefficient (Wildman–Crippen LogP) is 5.58. The Morgan fingerprint density at radius 2 is 1.27 bits per heavy atom. The molecular formula is C23H16F2O4S. The van der Waals surface area contributed by atoms with E-state index in [2.05, 4.69) is 13.2 Å². The largest absolute Gasteiger partial charge is 0.423 e. The lowest BCUT2D eigenvalue weighted by Gasteiger charge is -2.10. The molecule has 0 aliphatic heterocycles. The van der Waals surface area contributed by atoms with Gasteiger partial charge in [-0.05, 0) is 35.4 Å². The van der Waals surface area contributed by atoms with Crippen molar-refractivity contribution in [3.05, 3.63) is 96.9 Å². The fraction of sp³-hybridized carbons (Fsp3) is 0. The first kappa shape index (κ1) is 21.1. The van der Waals surface area contributed by atoms with Crippen molar-refractivity contribution in [2.45, 2.75) is 0 Å². The van der Waals surface area contributed by atoms with Crippen LogP contribution in [0.25, 0.3) is 22.3 Å². The van der Waals surface area contributed by atoms with Crippen molar-refractivity contribution in [2.75, 3.05) is 0 Å². The minimum absolute atomic E-state index is 0.0687. The summed E-state index contributed by atoms with van der Waals surface area (Å²) < 4.78 is 50.9. The highest BCUT2D eigenvalue weighted by molar-refractivity contribution is 7.83. The molecule has 0 saturated carbocycles. The van der Waals surface area contributed by atoms with Gasteiger partial charge in [0.1, 0.15) is 11.5 Å². The molecule has 0 aromatic heterocycles. The zero-order valence-electron chi connectivity index (χ0n) is 15.6. The molecule has 30 heavy (non-hydrogen) atoms. The van der Waals surface area contributed by atoms with E-state index in [0.717, 1.165) is 11.5 Å². The lowest BCUT2D eigenvalue weighted by Crippen LogP contribution is -2.02. The van der Waals surface area contributed by atoms with Crippen LogP contribution in [-0.2, 0) is 15.9 Å². The molecule has 0 aliphatic rings. The van der Waals surface area contributed by atoms with Crippen molar-refractivity contribution >= 4 is 17.0 Å². The first-order valence-corrected chi connectivity index (χ1v) is 9.81. The Morgan fingerprint density at radius 1 is 0.800 bits per heavy atom. The van der Waals surface area contributed by atoms with E-state index < -0.39 is 28.7 Å². The molecule has 3 rings (SSSR count). The van der Waals surface area contributed by atoms with E-state index >= 15 is 0 Å². The molecule has 0 saturated heterocycles. The maximum atomic E-state index is 14.7. The van der Waals surface area contributed by atoms with E-state index in [1.165, 1.54) is 60.7 Å². The second-order valence-corrected chi connectivity index (χ2v) is 6.99. The first-order chi connectivity index (χ1) is 14.4. The van der Waals surface area contributed by atoms with Crippen molar-refractivity contribution in [3.8, 4) is 33.8 Å². The van der Waals surface area contributed by atoms with Gasteiger partial charge in [-0.3, -0.25) is 0 Å². The Kier molecular flexibility index (Phi) is 6.54. The number of benzene rings is 3. The number of hydrogen-bond acceptors (Lipinski definition) is 4. The number of esters is 1. The zero-order valence-corrected chi connectivity index (χ0v) is 16.5. The normalized spacial score (nSPS) is 11.4. The summed E-state index contributed by atoms with van der Waals surface area (Å²) >= 11 is -1.67. The monoisotopic (exact) mass is 426 g/mol. The van der Waals surface area contributed by atoms with E-state index in [1.807, 2.05) is 0 Å². The summed E-state index contributed by atoms with van der Waals surface area (Å²) in [6.45, 7) is 6.66. The molecule has 1 unspecified atom stereocenters. The number of halogens is 2. The van der Waals surface area contributed by atoms with Crippen LogP contribution in [0.4, 0.5) is 8.78 Å². The third-order valence-corrected chi connectivity index (χ3v) is 4.74. The fourth-order valence-electron chi connectivity index (χ4n) is 2.67. The number of hydrogen-bond donors (Lipinski definition) is 0. The molecule has 7 heteroatoms. The smallest absolute Gasteiger partial charge is 0.335 e. The van der Waals surface area contributed by atoms with Crippen LogP contribution in [0, 0.1) is 11.6 Å². The second-order valence-electron chi connectivity index (χ2n) is 5.97. The molecule has 0 heterocycles. The van der Waals surface area contributed by atoms with Crippen LogP contribution in [0.1, 0.15) is 0 Å². The fourth-order valence-corrected chi connectivity index (χ4v) is 3.04. The van der Waals surface area contributed by atoms with Gasteiger partial charge in [0, 0.05) is 22.6 Å². The van der Waals surface area contributed by atoms with Gasteiger partial charge < -0.3 is 8.92 Å². The number of rotatable bonds is 7. The van der Waals surface area contributed by atoms with Crippen molar-refractivity contribution in [1.82, 2.24) is 0 Å². The van der Waals surface area contributed by atoms with Crippen molar-refractivity contribution < 1.29 is 26.7 Å². The highest BCUT2D eigenvalue weighted by atomic mass is 32.2. The summed E-state index contributed by atoms with van der Waals surface area (Å²) in [4.78, 5) is 11.2. The molecule has 0 bridgehead atoms. The minimum Gasteiger partial charge on any atom is -0.423 e. The predicted molar refractivity (Wildman–Crippen MR) is 112 cm³/mol. The average molecular weight is 426 g/mol. The molecule has 0 radical (unpaired) electrons. The van der Waals surface area contributed by atoms with Crippen LogP contribution < -0.4 is 8.92 Å². The number of carbonyl (C=O) groups is 1. The van der Waals surface area contributed by atoms with Crippen LogP contribution in [0.2, 0.25) is 0 Å². The molecule has 0 spiro atoms. The summed E-state index contributed by atoms with van der Waals surface area (Å²) in [5.41, 5.74) is 0.997. The number of carbonyl (C=O) groups excluding carboxylic acids is 1. The summed E-state index contributed by atoms with van der Waals surface area (Å²) in [6.07, 6.45) is 1.03. The lowest BCUT2D eigenvalue weighted by atomic mass is 9.99. The van der Waals surface area contributed by atoms with Gasteiger partial charge in [-0.1, -0.05) is 49.6 Å². The summed E-state index contributed by atoms with van der Waals surface area (Å²) in [5, 5.41) is 1.14. The van der Waals surface area contributed by atoms with Gasteiger partial charge >= 0.3 is 5.97 Å². The first-order valence-electron chi connectivity index (χ1n) is 8.67. The molecule has 0 N–H and O–H groups in total. The molecule has 1 atom stereocenters. The van der Waals surface area contributed by atoms with Crippen LogP contribution in [0.3, 0.4) is 0 Å². The van der Waals surface area contributed by atoms with Gasteiger partial charge in [-0.25, -0.2) is 17.8 Å². The molecule has 4 nitrogen and oxygen atoms in total. The molecular weight excluding hydrogens is 410 g/mol. The Hall–Kier alpha value is -3.58. The Bertz CT molecular complexity index is 1030. The summed E-state index contributed by atoms with van der Waals surface area (Å²) in [7, 11) is 0. The van der Waals surface area contributed by atoms with E-state index in [4.69, 9.17) is 8.92 Å². The lowest BCUT2D eigenvalue weighted by molar-refractivity contribution is -0.128.